The summed E-state index contributed by atoms with van der Waals surface area (Å²) in [4.78, 5) is 0. The van der Waals surface area contributed by atoms with E-state index in [9.17, 15) is 8.42 Å². The van der Waals surface area contributed by atoms with Crippen LogP contribution in [-0.2, 0) is 10.0 Å². The molecule has 0 bridgehead atoms. The van der Waals surface area contributed by atoms with Crippen LogP contribution in [0.3, 0.4) is 0 Å². The Morgan fingerprint density at radius 2 is 1.73 bits per heavy atom. The highest BCUT2D eigenvalue weighted by Gasteiger charge is 2.41. The van der Waals surface area contributed by atoms with Crippen molar-refractivity contribution in [2.45, 2.75) is 25.7 Å². The molecule has 0 unspecified atom stereocenters. The molecular formula is C10H18ClNO2S. The van der Waals surface area contributed by atoms with E-state index in [2.05, 4.69) is 4.72 Å². The Morgan fingerprint density at radius 1 is 1.20 bits per heavy atom. The zero-order chi connectivity index (χ0) is 10.9. The molecule has 88 valence electrons. The third-order valence-electron chi connectivity index (χ3n) is 3.34. The van der Waals surface area contributed by atoms with Gasteiger partial charge in [-0.2, -0.15) is 0 Å². The predicted octanol–water partition coefficient (Wildman–Crippen LogP) is 1.58. The molecule has 2 rings (SSSR count). The molecule has 5 heteroatoms. The summed E-state index contributed by atoms with van der Waals surface area (Å²) in [5.41, 5.74) is 0. The first-order valence-corrected chi connectivity index (χ1v) is 7.84. The van der Waals surface area contributed by atoms with Crippen molar-refractivity contribution in [2.24, 2.45) is 17.8 Å². The number of rotatable bonds is 7. The Morgan fingerprint density at radius 3 is 2.13 bits per heavy atom. The van der Waals surface area contributed by atoms with Gasteiger partial charge in [0.05, 0.1) is 5.75 Å². The van der Waals surface area contributed by atoms with Gasteiger partial charge in [-0.15, -0.1) is 11.6 Å². The summed E-state index contributed by atoms with van der Waals surface area (Å²) >= 11 is 5.43. The maximum absolute atomic E-state index is 11.4. The van der Waals surface area contributed by atoms with Crippen LogP contribution in [0, 0.1) is 17.8 Å². The summed E-state index contributed by atoms with van der Waals surface area (Å²) < 4.78 is 25.5. The van der Waals surface area contributed by atoms with Gasteiger partial charge in [-0.25, -0.2) is 13.1 Å². The first kappa shape index (κ1) is 11.7. The van der Waals surface area contributed by atoms with Crippen molar-refractivity contribution < 1.29 is 8.42 Å². The SMILES string of the molecule is O=S(=O)(CCCl)NCC(C1CC1)C1CC1. The average Bonchev–Trinajstić information content (AvgIpc) is 2.99. The molecule has 0 aromatic rings. The Bertz CT molecular complexity index is 297. The Hall–Kier alpha value is 0.200. The standard InChI is InChI=1S/C10H18ClNO2S/c11-5-6-15(13,14)12-7-10(8-1-2-8)9-3-4-9/h8-10,12H,1-7H2. The molecule has 0 spiro atoms. The van der Waals surface area contributed by atoms with Crippen LogP contribution in [-0.4, -0.2) is 26.6 Å². The zero-order valence-electron chi connectivity index (χ0n) is 8.78. The van der Waals surface area contributed by atoms with Crippen LogP contribution >= 0.6 is 11.6 Å². The molecular weight excluding hydrogens is 234 g/mol. The van der Waals surface area contributed by atoms with E-state index in [4.69, 9.17) is 11.6 Å². The van der Waals surface area contributed by atoms with Gasteiger partial charge in [0.1, 0.15) is 0 Å². The highest BCUT2D eigenvalue weighted by Crippen LogP contribution is 2.48. The normalized spacial score (nSPS) is 22.3. The molecule has 2 aliphatic carbocycles. The number of hydrogen-bond acceptors (Lipinski definition) is 2. The van der Waals surface area contributed by atoms with Gasteiger partial charge < -0.3 is 0 Å². The predicted molar refractivity (Wildman–Crippen MR) is 61.4 cm³/mol. The Kier molecular flexibility index (Phi) is 3.58. The molecule has 2 saturated carbocycles. The molecule has 0 aromatic carbocycles. The molecule has 2 fully saturated rings. The van der Waals surface area contributed by atoms with E-state index in [1.54, 1.807) is 0 Å². The first-order valence-electron chi connectivity index (χ1n) is 5.65. The van der Waals surface area contributed by atoms with E-state index in [-0.39, 0.29) is 11.6 Å². The van der Waals surface area contributed by atoms with Gasteiger partial charge in [0.25, 0.3) is 0 Å². The number of halogens is 1. The molecule has 0 heterocycles. The van der Waals surface area contributed by atoms with Gasteiger partial charge >= 0.3 is 0 Å². The molecule has 15 heavy (non-hydrogen) atoms. The molecule has 0 amide bonds. The molecule has 1 N–H and O–H groups in total. The van der Waals surface area contributed by atoms with Crippen molar-refractivity contribution in [1.29, 1.82) is 0 Å². The van der Waals surface area contributed by atoms with Crippen molar-refractivity contribution in [2.75, 3.05) is 18.2 Å². The fourth-order valence-corrected chi connectivity index (χ4v) is 3.57. The monoisotopic (exact) mass is 251 g/mol. The van der Waals surface area contributed by atoms with Gasteiger partial charge in [-0.1, -0.05) is 0 Å². The van der Waals surface area contributed by atoms with Crippen molar-refractivity contribution >= 4 is 21.6 Å². The van der Waals surface area contributed by atoms with E-state index < -0.39 is 10.0 Å². The van der Waals surface area contributed by atoms with Gasteiger partial charge in [0.2, 0.25) is 10.0 Å². The first-order chi connectivity index (χ1) is 7.12. The molecule has 0 saturated heterocycles. The van der Waals surface area contributed by atoms with Crippen LogP contribution in [0.25, 0.3) is 0 Å². The summed E-state index contributed by atoms with van der Waals surface area (Å²) in [5.74, 6) is 2.38. The van der Waals surface area contributed by atoms with Crippen molar-refractivity contribution in [3.05, 3.63) is 0 Å². The van der Waals surface area contributed by atoms with Gasteiger partial charge in [0, 0.05) is 12.4 Å². The highest BCUT2D eigenvalue weighted by atomic mass is 35.5. The Balaban J connectivity index is 1.79. The number of sulfonamides is 1. The van der Waals surface area contributed by atoms with Gasteiger partial charge in [-0.05, 0) is 43.4 Å². The molecule has 0 radical (unpaired) electrons. The number of hydrogen-bond donors (Lipinski definition) is 1. The van der Waals surface area contributed by atoms with E-state index in [1.807, 2.05) is 0 Å². The van der Waals surface area contributed by atoms with Crippen LogP contribution in [0.15, 0.2) is 0 Å². The lowest BCUT2D eigenvalue weighted by Gasteiger charge is -2.15. The quantitative estimate of drug-likeness (QED) is 0.699. The van der Waals surface area contributed by atoms with Crippen LogP contribution in [0.1, 0.15) is 25.7 Å². The van der Waals surface area contributed by atoms with E-state index in [1.165, 1.54) is 25.7 Å². The lowest BCUT2D eigenvalue weighted by Crippen LogP contribution is -2.33. The van der Waals surface area contributed by atoms with Crippen LogP contribution in [0.5, 0.6) is 0 Å². The summed E-state index contributed by atoms with van der Waals surface area (Å²) in [6.45, 7) is 0.633. The topological polar surface area (TPSA) is 46.2 Å². The van der Waals surface area contributed by atoms with E-state index in [0.29, 0.717) is 12.5 Å². The summed E-state index contributed by atoms with van der Waals surface area (Å²) in [7, 11) is -3.12. The summed E-state index contributed by atoms with van der Waals surface area (Å²) in [5, 5.41) is 0. The molecule has 0 atom stereocenters. The minimum atomic E-state index is -3.12. The number of alkyl halides is 1. The third kappa shape index (κ3) is 3.61. The van der Waals surface area contributed by atoms with Crippen LogP contribution in [0.4, 0.5) is 0 Å². The molecule has 2 aliphatic rings. The average molecular weight is 252 g/mol. The summed E-state index contributed by atoms with van der Waals surface area (Å²) in [6.07, 6.45) is 5.16. The fourth-order valence-electron chi connectivity index (χ4n) is 2.16. The lowest BCUT2D eigenvalue weighted by atomic mass is 9.99. The molecule has 0 aliphatic heterocycles. The third-order valence-corrected chi connectivity index (χ3v) is 5.10. The molecule has 3 nitrogen and oxygen atoms in total. The van der Waals surface area contributed by atoms with Crippen molar-refractivity contribution in [3.63, 3.8) is 0 Å². The maximum Gasteiger partial charge on any atom is 0.212 e. The molecule has 0 aromatic heterocycles. The van der Waals surface area contributed by atoms with Crippen molar-refractivity contribution in [1.82, 2.24) is 4.72 Å². The van der Waals surface area contributed by atoms with Gasteiger partial charge in [0.15, 0.2) is 0 Å². The van der Waals surface area contributed by atoms with Crippen LogP contribution in [0.2, 0.25) is 0 Å². The fraction of sp³-hybridized carbons (Fsp3) is 1.00. The largest absolute Gasteiger partial charge is 0.215 e. The minimum Gasteiger partial charge on any atom is -0.215 e. The lowest BCUT2D eigenvalue weighted by molar-refractivity contribution is 0.402. The second kappa shape index (κ2) is 4.60. The van der Waals surface area contributed by atoms with Crippen LogP contribution < -0.4 is 4.72 Å². The smallest absolute Gasteiger partial charge is 0.212 e. The number of nitrogens with one attached hydrogen (secondary N) is 1. The maximum atomic E-state index is 11.4. The van der Waals surface area contributed by atoms with Crippen molar-refractivity contribution in [3.8, 4) is 0 Å². The van der Waals surface area contributed by atoms with E-state index >= 15 is 0 Å². The van der Waals surface area contributed by atoms with Gasteiger partial charge in [-0.3, -0.25) is 0 Å². The minimum absolute atomic E-state index is 0.0383. The highest BCUT2D eigenvalue weighted by molar-refractivity contribution is 7.89. The second-order valence-electron chi connectivity index (χ2n) is 4.70. The second-order valence-corrected chi connectivity index (χ2v) is 7.00. The summed E-state index contributed by atoms with van der Waals surface area (Å²) in [6, 6.07) is 0. The Labute approximate surface area is 96.6 Å². The zero-order valence-corrected chi connectivity index (χ0v) is 10.4. The van der Waals surface area contributed by atoms with E-state index in [0.717, 1.165) is 11.8 Å².